The van der Waals surface area contributed by atoms with Crippen molar-refractivity contribution in [3.05, 3.63) is 12.2 Å². The fourth-order valence-corrected chi connectivity index (χ4v) is 4.00. The SMILES string of the molecule is O=C(O)C1CC=CCC1C(=O)N1CCCN2CCCC2C1. The van der Waals surface area contributed by atoms with Gasteiger partial charge in [0, 0.05) is 25.7 Å². The minimum atomic E-state index is -0.838. The van der Waals surface area contributed by atoms with Crippen molar-refractivity contribution in [2.75, 3.05) is 26.2 Å². The lowest BCUT2D eigenvalue weighted by molar-refractivity contribution is -0.150. The maximum Gasteiger partial charge on any atom is 0.307 e. The number of carbonyl (C=O) groups excluding carboxylic acids is 1. The molecule has 2 aliphatic heterocycles. The zero-order valence-electron chi connectivity index (χ0n) is 12.4. The van der Waals surface area contributed by atoms with Gasteiger partial charge in [0.25, 0.3) is 0 Å². The van der Waals surface area contributed by atoms with Crippen molar-refractivity contribution >= 4 is 11.9 Å². The molecule has 116 valence electrons. The van der Waals surface area contributed by atoms with E-state index in [1.165, 1.54) is 6.42 Å². The summed E-state index contributed by atoms with van der Waals surface area (Å²) in [5, 5.41) is 9.35. The van der Waals surface area contributed by atoms with Crippen LogP contribution in [0.5, 0.6) is 0 Å². The maximum absolute atomic E-state index is 12.8. The number of carboxylic acid groups (broad SMARTS) is 1. The first-order chi connectivity index (χ1) is 10.2. The average Bonchev–Trinajstić information content (AvgIpc) is 2.83. The highest BCUT2D eigenvalue weighted by Gasteiger charge is 2.38. The number of rotatable bonds is 2. The van der Waals surface area contributed by atoms with E-state index in [-0.39, 0.29) is 11.8 Å². The fraction of sp³-hybridized carbons (Fsp3) is 0.750. The topological polar surface area (TPSA) is 60.9 Å². The summed E-state index contributed by atoms with van der Waals surface area (Å²) in [4.78, 5) is 28.6. The molecule has 3 unspecified atom stereocenters. The third-order valence-corrected chi connectivity index (χ3v) is 5.18. The van der Waals surface area contributed by atoms with Gasteiger partial charge in [-0.1, -0.05) is 12.2 Å². The average molecular weight is 292 g/mol. The van der Waals surface area contributed by atoms with E-state index in [4.69, 9.17) is 0 Å². The summed E-state index contributed by atoms with van der Waals surface area (Å²) in [7, 11) is 0. The van der Waals surface area contributed by atoms with Gasteiger partial charge in [-0.25, -0.2) is 0 Å². The molecular formula is C16H24N2O3. The van der Waals surface area contributed by atoms with E-state index in [1.54, 1.807) is 0 Å². The summed E-state index contributed by atoms with van der Waals surface area (Å²) in [5.74, 6) is -1.71. The molecule has 3 atom stereocenters. The number of aliphatic carboxylic acids is 1. The molecular weight excluding hydrogens is 268 g/mol. The Morgan fingerprint density at radius 2 is 1.71 bits per heavy atom. The molecule has 0 aromatic carbocycles. The van der Waals surface area contributed by atoms with Crippen molar-refractivity contribution in [3.63, 3.8) is 0 Å². The predicted octanol–water partition coefficient (Wildman–Crippen LogP) is 1.35. The highest BCUT2D eigenvalue weighted by molar-refractivity contribution is 5.85. The largest absolute Gasteiger partial charge is 0.481 e. The second-order valence-corrected chi connectivity index (χ2v) is 6.46. The van der Waals surface area contributed by atoms with Crippen LogP contribution < -0.4 is 0 Å². The van der Waals surface area contributed by atoms with Crippen molar-refractivity contribution in [1.29, 1.82) is 0 Å². The van der Waals surface area contributed by atoms with Gasteiger partial charge in [-0.05, 0) is 38.6 Å². The van der Waals surface area contributed by atoms with Gasteiger partial charge in [0.15, 0.2) is 0 Å². The Labute approximate surface area is 125 Å². The lowest BCUT2D eigenvalue weighted by Gasteiger charge is -2.32. The molecule has 0 spiro atoms. The summed E-state index contributed by atoms with van der Waals surface area (Å²) in [6.45, 7) is 3.78. The number of carbonyl (C=O) groups is 2. The monoisotopic (exact) mass is 292 g/mol. The van der Waals surface area contributed by atoms with Gasteiger partial charge in [-0.2, -0.15) is 0 Å². The van der Waals surface area contributed by atoms with E-state index in [0.29, 0.717) is 18.9 Å². The first-order valence-corrected chi connectivity index (χ1v) is 8.07. The van der Waals surface area contributed by atoms with Crippen molar-refractivity contribution < 1.29 is 14.7 Å². The summed E-state index contributed by atoms with van der Waals surface area (Å²) >= 11 is 0. The Bertz CT molecular complexity index is 449. The molecule has 5 nitrogen and oxygen atoms in total. The molecule has 1 aliphatic carbocycles. The molecule has 3 aliphatic rings. The Morgan fingerprint density at radius 3 is 2.48 bits per heavy atom. The number of fused-ring (bicyclic) bond motifs is 1. The normalized spacial score (nSPS) is 33.5. The highest BCUT2D eigenvalue weighted by Crippen LogP contribution is 2.29. The number of hydrogen-bond acceptors (Lipinski definition) is 3. The van der Waals surface area contributed by atoms with Crippen molar-refractivity contribution in [2.45, 2.75) is 38.1 Å². The molecule has 5 heteroatoms. The van der Waals surface area contributed by atoms with Gasteiger partial charge in [0.2, 0.25) is 5.91 Å². The minimum Gasteiger partial charge on any atom is -0.481 e. The molecule has 2 saturated heterocycles. The minimum absolute atomic E-state index is 0.0560. The number of amides is 1. The van der Waals surface area contributed by atoms with E-state index < -0.39 is 11.9 Å². The van der Waals surface area contributed by atoms with E-state index in [9.17, 15) is 14.7 Å². The Hall–Kier alpha value is -1.36. The number of allylic oxidation sites excluding steroid dienone is 2. The van der Waals surface area contributed by atoms with Crippen LogP contribution in [0.1, 0.15) is 32.1 Å². The van der Waals surface area contributed by atoms with Gasteiger partial charge in [0.1, 0.15) is 0 Å². The second-order valence-electron chi connectivity index (χ2n) is 6.46. The van der Waals surface area contributed by atoms with E-state index in [0.717, 1.165) is 39.0 Å². The van der Waals surface area contributed by atoms with Gasteiger partial charge < -0.3 is 10.0 Å². The zero-order valence-corrected chi connectivity index (χ0v) is 12.4. The fourth-order valence-electron chi connectivity index (χ4n) is 4.00. The van der Waals surface area contributed by atoms with Crippen LogP contribution in [0.15, 0.2) is 12.2 Å². The number of nitrogens with zero attached hydrogens (tertiary/aromatic N) is 2. The molecule has 3 rings (SSSR count). The maximum atomic E-state index is 12.8. The van der Waals surface area contributed by atoms with Gasteiger partial charge in [-0.3, -0.25) is 14.5 Å². The quantitative estimate of drug-likeness (QED) is 0.781. The van der Waals surface area contributed by atoms with Crippen LogP contribution in [0, 0.1) is 11.8 Å². The van der Waals surface area contributed by atoms with E-state index >= 15 is 0 Å². The molecule has 2 heterocycles. The van der Waals surface area contributed by atoms with Crippen LogP contribution in [0.25, 0.3) is 0 Å². The van der Waals surface area contributed by atoms with E-state index in [1.807, 2.05) is 17.1 Å². The Balaban J connectivity index is 1.71. The molecule has 0 bridgehead atoms. The third kappa shape index (κ3) is 2.98. The first kappa shape index (κ1) is 14.6. The van der Waals surface area contributed by atoms with E-state index in [2.05, 4.69) is 4.90 Å². The van der Waals surface area contributed by atoms with Crippen LogP contribution in [0.4, 0.5) is 0 Å². The van der Waals surface area contributed by atoms with Crippen LogP contribution in [-0.2, 0) is 9.59 Å². The molecule has 0 aromatic rings. The zero-order chi connectivity index (χ0) is 14.8. The highest BCUT2D eigenvalue weighted by atomic mass is 16.4. The smallest absolute Gasteiger partial charge is 0.307 e. The van der Waals surface area contributed by atoms with Gasteiger partial charge >= 0.3 is 5.97 Å². The predicted molar refractivity (Wildman–Crippen MR) is 78.8 cm³/mol. The molecule has 21 heavy (non-hydrogen) atoms. The lowest BCUT2D eigenvalue weighted by Crippen LogP contribution is -2.45. The molecule has 2 fully saturated rings. The third-order valence-electron chi connectivity index (χ3n) is 5.18. The summed E-state index contributed by atoms with van der Waals surface area (Å²) in [5.41, 5.74) is 0. The summed E-state index contributed by atoms with van der Waals surface area (Å²) in [6.07, 6.45) is 8.29. The number of carboxylic acids is 1. The number of hydrogen-bond donors (Lipinski definition) is 1. The summed E-state index contributed by atoms with van der Waals surface area (Å²) in [6, 6.07) is 0.485. The van der Waals surface area contributed by atoms with Crippen LogP contribution in [0.3, 0.4) is 0 Å². The molecule has 1 N–H and O–H groups in total. The lowest BCUT2D eigenvalue weighted by atomic mass is 9.82. The van der Waals surface area contributed by atoms with Gasteiger partial charge in [0.05, 0.1) is 11.8 Å². The second kappa shape index (κ2) is 6.18. The molecule has 0 aromatic heterocycles. The molecule has 1 amide bonds. The molecule has 0 saturated carbocycles. The summed E-state index contributed by atoms with van der Waals surface area (Å²) < 4.78 is 0. The van der Waals surface area contributed by atoms with Crippen LogP contribution in [-0.4, -0.2) is 59.0 Å². The Morgan fingerprint density at radius 1 is 1.00 bits per heavy atom. The van der Waals surface area contributed by atoms with Crippen LogP contribution >= 0.6 is 0 Å². The van der Waals surface area contributed by atoms with Crippen molar-refractivity contribution in [2.24, 2.45) is 11.8 Å². The van der Waals surface area contributed by atoms with Crippen molar-refractivity contribution in [3.8, 4) is 0 Å². The Kier molecular flexibility index (Phi) is 4.29. The van der Waals surface area contributed by atoms with Crippen molar-refractivity contribution in [1.82, 2.24) is 9.80 Å². The standard InChI is InChI=1S/C16H24N2O3/c19-15(13-6-1-2-7-14(13)16(20)21)18-10-4-9-17-8-3-5-12(17)11-18/h1-2,12-14H,3-11H2,(H,20,21). The van der Waals surface area contributed by atoms with Crippen LogP contribution in [0.2, 0.25) is 0 Å². The van der Waals surface area contributed by atoms with Gasteiger partial charge in [-0.15, -0.1) is 0 Å². The first-order valence-electron chi connectivity index (χ1n) is 8.07. The molecule has 0 radical (unpaired) electrons.